The van der Waals surface area contributed by atoms with Crippen molar-refractivity contribution in [1.29, 1.82) is 0 Å². The Hall–Kier alpha value is -2.48. The van der Waals surface area contributed by atoms with Gasteiger partial charge in [-0.2, -0.15) is 0 Å². The number of ether oxygens (including phenoxy) is 1. The number of esters is 1. The molecule has 1 unspecified atom stereocenters. The van der Waals surface area contributed by atoms with Gasteiger partial charge in [-0.15, -0.1) is 0 Å². The molecule has 0 N–H and O–H groups in total. The quantitative estimate of drug-likeness (QED) is 0.398. The van der Waals surface area contributed by atoms with E-state index in [1.54, 1.807) is 30.4 Å². The van der Waals surface area contributed by atoms with Crippen LogP contribution in [0.15, 0.2) is 41.8 Å². The lowest BCUT2D eigenvalue weighted by Crippen LogP contribution is -2.37. The Bertz CT molecular complexity index is 742. The first-order valence-corrected chi connectivity index (χ1v) is 9.28. The minimum Gasteiger partial charge on any atom is -0.455 e. The lowest BCUT2D eigenvalue weighted by Gasteiger charge is -2.23. The van der Waals surface area contributed by atoms with E-state index in [0.717, 1.165) is 23.9 Å². The van der Waals surface area contributed by atoms with Crippen LogP contribution in [0, 0.1) is 0 Å². The molecule has 0 spiro atoms. The molecule has 0 radical (unpaired) electrons. The summed E-state index contributed by atoms with van der Waals surface area (Å²) in [4.78, 5) is 38.1. The summed E-state index contributed by atoms with van der Waals surface area (Å²) < 4.78 is 5.04. The average Bonchev–Trinajstić information content (AvgIpc) is 2.70. The minimum absolute atomic E-state index is 0.0337. The molecule has 0 fully saturated rings. The van der Waals surface area contributed by atoms with Crippen molar-refractivity contribution in [2.75, 3.05) is 19.4 Å². The van der Waals surface area contributed by atoms with E-state index in [1.807, 2.05) is 32.0 Å². The molecule has 0 bridgehead atoms. The zero-order chi connectivity index (χ0) is 18.9. The van der Waals surface area contributed by atoms with Crippen molar-refractivity contribution < 1.29 is 14.3 Å². The van der Waals surface area contributed by atoms with Crippen molar-refractivity contribution in [2.24, 2.45) is 0 Å². The summed E-state index contributed by atoms with van der Waals surface area (Å²) in [6.07, 6.45) is 4.15. The van der Waals surface area contributed by atoms with Crippen LogP contribution in [-0.2, 0) is 14.3 Å². The average molecular weight is 374 g/mol. The molecule has 0 aliphatic carbocycles. The largest absolute Gasteiger partial charge is 0.455 e. The number of carbonyl (C=O) groups is 2. The number of amides is 1. The van der Waals surface area contributed by atoms with Gasteiger partial charge in [-0.05, 0) is 31.5 Å². The van der Waals surface area contributed by atoms with Gasteiger partial charge in [0.2, 0.25) is 0 Å². The molecule has 1 amide bonds. The maximum atomic E-state index is 11.9. The summed E-state index contributed by atoms with van der Waals surface area (Å²) in [6, 6.07) is 7.43. The van der Waals surface area contributed by atoms with Crippen molar-refractivity contribution in [3.8, 4) is 11.4 Å². The topological polar surface area (TPSA) is 85.3 Å². The Balaban J connectivity index is 1.83. The van der Waals surface area contributed by atoms with E-state index in [1.165, 1.54) is 0 Å². The molecule has 1 atom stereocenters. The molecule has 2 aromatic rings. The number of thioether (sulfide) groups is 1. The van der Waals surface area contributed by atoms with Gasteiger partial charge < -0.3 is 9.64 Å². The fourth-order valence-electron chi connectivity index (χ4n) is 2.00. The zero-order valence-corrected chi connectivity index (χ0v) is 15.9. The van der Waals surface area contributed by atoms with Crippen LogP contribution >= 0.6 is 11.8 Å². The SMILES string of the molecule is CCC(C)N(C)C(=O)COC(=O)CSc1nccc(-c2ccccn2)n1. The molecule has 138 valence electrons. The van der Waals surface area contributed by atoms with Gasteiger partial charge in [0.25, 0.3) is 5.91 Å². The molecular weight excluding hydrogens is 352 g/mol. The first kappa shape index (κ1) is 19.8. The van der Waals surface area contributed by atoms with Gasteiger partial charge >= 0.3 is 5.97 Å². The number of rotatable bonds is 8. The highest BCUT2D eigenvalue weighted by Gasteiger charge is 2.16. The molecule has 0 saturated heterocycles. The van der Waals surface area contributed by atoms with Gasteiger partial charge in [-0.1, -0.05) is 24.8 Å². The van der Waals surface area contributed by atoms with E-state index in [2.05, 4.69) is 15.0 Å². The van der Waals surface area contributed by atoms with E-state index in [0.29, 0.717) is 10.9 Å². The summed E-state index contributed by atoms with van der Waals surface area (Å²) >= 11 is 1.16. The highest BCUT2D eigenvalue weighted by molar-refractivity contribution is 7.99. The molecule has 8 heteroatoms. The lowest BCUT2D eigenvalue weighted by atomic mass is 10.2. The smallest absolute Gasteiger partial charge is 0.316 e. The van der Waals surface area contributed by atoms with Crippen LogP contribution in [0.4, 0.5) is 0 Å². The Morgan fingerprint density at radius 1 is 1.19 bits per heavy atom. The molecule has 0 aliphatic heterocycles. The van der Waals surface area contributed by atoms with Crippen molar-refractivity contribution in [3.63, 3.8) is 0 Å². The predicted octanol–water partition coefficient (Wildman–Crippen LogP) is 2.43. The number of pyridine rings is 1. The number of likely N-dealkylation sites (N-methyl/N-ethyl adjacent to an activating group) is 1. The Morgan fingerprint density at radius 2 is 2.00 bits per heavy atom. The first-order chi connectivity index (χ1) is 12.5. The van der Waals surface area contributed by atoms with Gasteiger partial charge in [0.15, 0.2) is 11.8 Å². The van der Waals surface area contributed by atoms with Crippen molar-refractivity contribution in [1.82, 2.24) is 19.9 Å². The lowest BCUT2D eigenvalue weighted by molar-refractivity contribution is -0.150. The van der Waals surface area contributed by atoms with Crippen LogP contribution in [0.5, 0.6) is 0 Å². The van der Waals surface area contributed by atoms with E-state index in [-0.39, 0.29) is 24.3 Å². The summed E-state index contributed by atoms with van der Waals surface area (Å²) in [5.41, 5.74) is 1.42. The maximum absolute atomic E-state index is 11.9. The number of carbonyl (C=O) groups excluding carboxylic acids is 2. The van der Waals surface area contributed by atoms with Gasteiger partial charge in [0.05, 0.1) is 17.1 Å². The van der Waals surface area contributed by atoms with Crippen LogP contribution in [-0.4, -0.2) is 57.2 Å². The number of hydrogen-bond acceptors (Lipinski definition) is 7. The summed E-state index contributed by atoms with van der Waals surface area (Å²) in [5.74, 6) is -0.662. The number of hydrogen-bond donors (Lipinski definition) is 0. The fraction of sp³-hybridized carbons (Fsp3) is 0.389. The number of aromatic nitrogens is 3. The third-order valence-electron chi connectivity index (χ3n) is 3.88. The van der Waals surface area contributed by atoms with E-state index in [9.17, 15) is 9.59 Å². The monoisotopic (exact) mass is 374 g/mol. The van der Waals surface area contributed by atoms with E-state index >= 15 is 0 Å². The van der Waals surface area contributed by atoms with Crippen LogP contribution in [0.1, 0.15) is 20.3 Å². The third-order valence-corrected chi connectivity index (χ3v) is 4.72. The summed E-state index contributed by atoms with van der Waals surface area (Å²) in [5, 5.41) is 0.452. The second kappa shape index (κ2) is 9.86. The fourth-order valence-corrected chi connectivity index (χ4v) is 2.62. The molecule has 0 saturated carbocycles. The maximum Gasteiger partial charge on any atom is 0.316 e. The van der Waals surface area contributed by atoms with Gasteiger partial charge in [-0.25, -0.2) is 9.97 Å². The van der Waals surface area contributed by atoms with Crippen LogP contribution in [0.25, 0.3) is 11.4 Å². The van der Waals surface area contributed by atoms with Gasteiger partial charge in [0.1, 0.15) is 0 Å². The molecule has 2 rings (SSSR count). The highest BCUT2D eigenvalue weighted by atomic mass is 32.2. The molecule has 7 nitrogen and oxygen atoms in total. The second-order valence-corrected chi connectivity index (χ2v) is 6.59. The molecular formula is C18H22N4O3S. The van der Waals surface area contributed by atoms with Crippen molar-refractivity contribution in [3.05, 3.63) is 36.7 Å². The molecule has 2 heterocycles. The molecule has 0 aliphatic rings. The Kier molecular flexibility index (Phi) is 7.53. The zero-order valence-electron chi connectivity index (χ0n) is 15.1. The molecule has 2 aromatic heterocycles. The van der Waals surface area contributed by atoms with Gasteiger partial charge in [-0.3, -0.25) is 14.6 Å². The summed E-state index contributed by atoms with van der Waals surface area (Å²) in [7, 11) is 1.70. The first-order valence-electron chi connectivity index (χ1n) is 8.29. The van der Waals surface area contributed by atoms with E-state index < -0.39 is 5.97 Å². The normalized spacial score (nSPS) is 11.7. The predicted molar refractivity (Wildman–Crippen MR) is 99.5 cm³/mol. The standard InChI is InChI=1S/C18H22N4O3S/c1-4-13(2)22(3)16(23)11-25-17(24)12-26-18-20-10-8-15(21-18)14-7-5-6-9-19-14/h5-10,13H,4,11-12H2,1-3H3. The van der Waals surface area contributed by atoms with Crippen LogP contribution in [0.3, 0.4) is 0 Å². The summed E-state index contributed by atoms with van der Waals surface area (Å²) in [6.45, 7) is 3.69. The van der Waals surface area contributed by atoms with Crippen molar-refractivity contribution >= 4 is 23.6 Å². The third kappa shape index (κ3) is 5.80. The van der Waals surface area contributed by atoms with Crippen molar-refractivity contribution in [2.45, 2.75) is 31.5 Å². The molecule has 26 heavy (non-hydrogen) atoms. The van der Waals surface area contributed by atoms with Crippen LogP contribution in [0.2, 0.25) is 0 Å². The van der Waals surface area contributed by atoms with Gasteiger partial charge in [0, 0.05) is 25.5 Å². The second-order valence-electron chi connectivity index (χ2n) is 5.65. The number of nitrogens with zero attached hydrogens (tertiary/aromatic N) is 4. The Labute approximate surface area is 157 Å². The minimum atomic E-state index is -0.479. The highest BCUT2D eigenvalue weighted by Crippen LogP contribution is 2.18. The van der Waals surface area contributed by atoms with Crippen LogP contribution < -0.4 is 0 Å². The Morgan fingerprint density at radius 3 is 2.69 bits per heavy atom. The molecule has 0 aromatic carbocycles. The van der Waals surface area contributed by atoms with E-state index in [4.69, 9.17) is 4.74 Å².